The van der Waals surface area contributed by atoms with Crippen molar-refractivity contribution in [3.63, 3.8) is 0 Å². The Balaban J connectivity index is 0.00000612. The number of alkyl halides is 4. The van der Waals surface area contributed by atoms with Crippen LogP contribution in [0.1, 0.15) is 5.69 Å². The summed E-state index contributed by atoms with van der Waals surface area (Å²) in [7, 11) is -4.43. The quantitative estimate of drug-likeness (QED) is 0.0651. The summed E-state index contributed by atoms with van der Waals surface area (Å²) < 4.78 is 70.8. The van der Waals surface area contributed by atoms with Crippen molar-refractivity contribution >= 4 is 67.7 Å². The molecule has 1 aliphatic rings. The molecule has 1 fully saturated rings. The molecular formula is C14H13ClF3N6NaO8S2. The predicted molar refractivity (Wildman–Crippen MR) is 106 cm³/mol. The number of hydrogen-bond donors (Lipinski definition) is 3. The van der Waals surface area contributed by atoms with Gasteiger partial charge in [-0.2, -0.15) is 13.2 Å². The zero-order valence-corrected chi connectivity index (χ0v) is 22.0. The van der Waals surface area contributed by atoms with Gasteiger partial charge in [-0.25, -0.2) is 17.7 Å². The van der Waals surface area contributed by atoms with Crippen LogP contribution in [0.2, 0.25) is 0 Å². The van der Waals surface area contributed by atoms with E-state index in [1.165, 1.54) is 10.7 Å². The maximum absolute atomic E-state index is 12.6. The van der Waals surface area contributed by atoms with Crippen LogP contribution in [0, 0.1) is 0 Å². The van der Waals surface area contributed by atoms with Crippen LogP contribution in [0.5, 0.6) is 0 Å². The minimum absolute atomic E-state index is 0. The SMILES string of the molecule is CON=C(C(=O)N[C@@H]1C(=O)N(S(=O)(=O)[O-])[C@@H]1CNC(=O)C(F)(F)F)c1csc(NC(=O)CCl)n1.[Na+]. The molecule has 0 radical (unpaired) electrons. The summed E-state index contributed by atoms with van der Waals surface area (Å²) in [6, 6.07) is -3.68. The van der Waals surface area contributed by atoms with Crippen LogP contribution >= 0.6 is 22.9 Å². The van der Waals surface area contributed by atoms with Gasteiger partial charge in [0.2, 0.25) is 5.91 Å². The van der Waals surface area contributed by atoms with E-state index in [-0.39, 0.29) is 50.6 Å². The number of β-lactam (4-membered cyclic amide) rings is 1. The average molecular weight is 573 g/mol. The zero-order chi connectivity index (χ0) is 25.8. The van der Waals surface area contributed by atoms with Crippen LogP contribution in [0.4, 0.5) is 18.3 Å². The van der Waals surface area contributed by atoms with Crippen LogP contribution < -0.4 is 45.5 Å². The van der Waals surface area contributed by atoms with Gasteiger partial charge in [0, 0.05) is 11.9 Å². The second kappa shape index (κ2) is 12.3. The van der Waals surface area contributed by atoms with Crippen molar-refractivity contribution in [2.45, 2.75) is 18.3 Å². The van der Waals surface area contributed by atoms with Crippen LogP contribution in [-0.4, -0.2) is 89.4 Å². The molecule has 2 atom stereocenters. The third-order valence-electron chi connectivity index (χ3n) is 3.94. The summed E-state index contributed by atoms with van der Waals surface area (Å²) >= 11 is 6.21. The Hall–Kier alpha value is -2.03. The largest absolute Gasteiger partial charge is 1.00 e. The molecule has 1 aromatic rings. The van der Waals surface area contributed by atoms with Gasteiger partial charge in [-0.05, 0) is 0 Å². The van der Waals surface area contributed by atoms with E-state index in [0.717, 1.165) is 18.4 Å². The van der Waals surface area contributed by atoms with E-state index in [0.29, 0.717) is 0 Å². The molecule has 188 valence electrons. The van der Waals surface area contributed by atoms with E-state index < -0.39 is 64.4 Å². The number of rotatable bonds is 9. The molecule has 0 aromatic carbocycles. The summed E-state index contributed by atoms with van der Waals surface area (Å²) in [4.78, 5) is 55.6. The fourth-order valence-electron chi connectivity index (χ4n) is 2.55. The van der Waals surface area contributed by atoms with Crippen molar-refractivity contribution in [3.8, 4) is 0 Å². The van der Waals surface area contributed by atoms with Crippen molar-refractivity contribution in [1.29, 1.82) is 0 Å². The maximum Gasteiger partial charge on any atom is 1.00 e. The number of carbonyl (C=O) groups is 4. The summed E-state index contributed by atoms with van der Waals surface area (Å²) in [6.45, 7) is -1.13. The number of carbonyl (C=O) groups excluding carboxylic acids is 4. The Morgan fingerprint density at radius 2 is 2.00 bits per heavy atom. The summed E-state index contributed by atoms with van der Waals surface area (Å²) in [5, 5.41) is 10.3. The predicted octanol–water partition coefficient (Wildman–Crippen LogP) is -4.49. The van der Waals surface area contributed by atoms with Crippen molar-refractivity contribution < 1.29 is 79.7 Å². The third kappa shape index (κ3) is 7.72. The van der Waals surface area contributed by atoms with Crippen molar-refractivity contribution in [1.82, 2.24) is 19.9 Å². The molecule has 1 aromatic heterocycles. The van der Waals surface area contributed by atoms with Gasteiger partial charge >= 0.3 is 41.6 Å². The van der Waals surface area contributed by atoms with E-state index in [1.54, 1.807) is 0 Å². The number of hydrogen-bond acceptors (Lipinski definition) is 11. The second-order valence-corrected chi connectivity index (χ2v) is 8.53. The number of anilines is 1. The first-order chi connectivity index (χ1) is 15.7. The topological polar surface area (TPSA) is 199 Å². The Labute approximate surface area is 225 Å². The van der Waals surface area contributed by atoms with E-state index in [9.17, 15) is 45.3 Å². The Morgan fingerprint density at radius 3 is 2.51 bits per heavy atom. The number of oxime groups is 1. The number of thiazole rings is 1. The fourth-order valence-corrected chi connectivity index (χ4v) is 4.19. The van der Waals surface area contributed by atoms with E-state index >= 15 is 0 Å². The summed E-state index contributed by atoms with van der Waals surface area (Å²) in [6.07, 6.45) is -5.33. The zero-order valence-electron chi connectivity index (χ0n) is 17.6. The molecular weight excluding hydrogens is 560 g/mol. The standard InChI is InChI=1S/C14H14ClF3N6O8S2.Na/c1-32-23-8(5-4-33-13(20-5)21-7(25)2-15)10(26)22-9-6(3-19-12(28)14(16,17)18)24(11(9)27)34(29,30)31;/h4,6,9H,2-3H2,1H3,(H,19,28)(H,22,26)(H,20,21,25)(H,29,30,31);/q;+1/p-1/t6-,9+;/m1./s1. The number of aromatic nitrogens is 1. The summed E-state index contributed by atoms with van der Waals surface area (Å²) in [5.41, 5.74) is -0.740. The van der Waals surface area contributed by atoms with E-state index in [4.69, 9.17) is 11.6 Å². The second-order valence-electron chi connectivity index (χ2n) is 6.16. The molecule has 3 N–H and O–H groups in total. The van der Waals surface area contributed by atoms with Gasteiger partial charge in [0.05, 0.1) is 6.04 Å². The molecule has 2 rings (SSSR count). The molecule has 0 spiro atoms. The molecule has 0 unspecified atom stereocenters. The molecule has 0 saturated carbocycles. The minimum atomic E-state index is -5.48. The minimum Gasteiger partial charge on any atom is -0.731 e. The molecule has 4 amide bonds. The summed E-state index contributed by atoms with van der Waals surface area (Å²) in [5.74, 6) is -6.12. The fraction of sp³-hybridized carbons (Fsp3) is 0.429. The molecule has 1 saturated heterocycles. The van der Waals surface area contributed by atoms with E-state index in [2.05, 4.69) is 20.3 Å². The first-order valence-corrected chi connectivity index (χ1v) is 11.4. The van der Waals surface area contributed by atoms with Crippen molar-refractivity contribution in [3.05, 3.63) is 11.1 Å². The van der Waals surface area contributed by atoms with E-state index in [1.807, 2.05) is 5.32 Å². The maximum atomic E-state index is 12.6. The number of nitrogens with zero attached hydrogens (tertiary/aromatic N) is 3. The van der Waals surface area contributed by atoms with Crippen LogP contribution in [0.15, 0.2) is 10.5 Å². The molecule has 1 aliphatic heterocycles. The molecule has 21 heteroatoms. The molecule has 2 heterocycles. The monoisotopic (exact) mass is 572 g/mol. The van der Waals surface area contributed by atoms with Crippen LogP contribution in [0.25, 0.3) is 0 Å². The first-order valence-electron chi connectivity index (χ1n) is 8.58. The smallest absolute Gasteiger partial charge is 0.731 e. The average Bonchev–Trinajstić information content (AvgIpc) is 3.18. The van der Waals surface area contributed by atoms with Crippen LogP contribution in [-0.2, 0) is 34.3 Å². The van der Waals surface area contributed by atoms with Gasteiger partial charge in [0.25, 0.3) is 11.8 Å². The number of nitrogens with one attached hydrogen (secondary N) is 3. The molecule has 35 heavy (non-hydrogen) atoms. The van der Waals surface area contributed by atoms with Gasteiger partial charge in [-0.1, -0.05) is 5.16 Å². The number of amides is 4. The van der Waals surface area contributed by atoms with Crippen molar-refractivity contribution in [2.75, 3.05) is 24.9 Å². The van der Waals surface area contributed by atoms with Crippen molar-refractivity contribution in [2.24, 2.45) is 5.16 Å². The Bertz CT molecular complexity index is 1130. The van der Waals surface area contributed by atoms with Crippen LogP contribution in [0.3, 0.4) is 0 Å². The molecule has 0 bridgehead atoms. The third-order valence-corrected chi connectivity index (χ3v) is 5.87. The van der Waals surface area contributed by atoms with Gasteiger partial charge in [-0.15, -0.1) is 22.9 Å². The first kappa shape index (κ1) is 31.0. The van der Waals surface area contributed by atoms with Gasteiger partial charge < -0.3 is 25.3 Å². The Morgan fingerprint density at radius 1 is 1.37 bits per heavy atom. The number of halogens is 4. The molecule has 0 aliphatic carbocycles. The Kier molecular flexibility index (Phi) is 10.9. The van der Waals surface area contributed by atoms with Gasteiger partial charge in [0.15, 0.2) is 21.1 Å². The van der Waals surface area contributed by atoms with Gasteiger partial charge in [0.1, 0.15) is 24.7 Å². The molecule has 14 nitrogen and oxygen atoms in total. The van der Waals surface area contributed by atoms with Gasteiger partial charge in [-0.3, -0.25) is 19.2 Å². The normalized spacial score (nSPS) is 18.2.